The van der Waals surface area contributed by atoms with Gasteiger partial charge in [-0.05, 0) is 0 Å². The lowest BCUT2D eigenvalue weighted by Crippen LogP contribution is -2.10. The lowest BCUT2D eigenvalue weighted by molar-refractivity contribution is 0.0932. The Morgan fingerprint density at radius 1 is 1.46 bits per heavy atom. The van der Waals surface area contributed by atoms with Gasteiger partial charge < -0.3 is 0 Å². The molecule has 0 radical (unpaired) electrons. The predicted molar refractivity (Wildman–Crippen MR) is 50.2 cm³/mol. The van der Waals surface area contributed by atoms with E-state index in [9.17, 15) is 4.79 Å². The van der Waals surface area contributed by atoms with E-state index in [-0.39, 0.29) is 18.1 Å². The van der Waals surface area contributed by atoms with Gasteiger partial charge in [-0.2, -0.15) is 5.26 Å². The molecular formula is C11H11NO. The minimum Gasteiger partial charge on any atom is -0.294 e. The molecule has 0 aromatic heterocycles. The molecule has 0 spiro atoms. The fourth-order valence-corrected chi connectivity index (χ4v) is 1.12. The fraction of sp³-hybridized carbons (Fsp3) is 0.273. The average molecular weight is 173 g/mol. The molecule has 0 amide bonds. The fourth-order valence-electron chi connectivity index (χ4n) is 1.12. The van der Waals surface area contributed by atoms with E-state index in [0.717, 1.165) is 0 Å². The number of hydrogen-bond donors (Lipinski definition) is 0. The summed E-state index contributed by atoms with van der Waals surface area (Å²) in [7, 11) is 0. The second-order valence-electron chi connectivity index (χ2n) is 2.99. The highest BCUT2D eigenvalue weighted by Gasteiger charge is 2.13. The summed E-state index contributed by atoms with van der Waals surface area (Å²) in [6.45, 7) is 1.78. The second-order valence-corrected chi connectivity index (χ2v) is 2.99. The van der Waals surface area contributed by atoms with E-state index in [0.29, 0.717) is 5.56 Å². The highest BCUT2D eigenvalue weighted by Crippen LogP contribution is 2.10. The summed E-state index contributed by atoms with van der Waals surface area (Å²) in [5.41, 5.74) is 0.685. The van der Waals surface area contributed by atoms with Gasteiger partial charge in [0.15, 0.2) is 5.78 Å². The van der Waals surface area contributed by atoms with Gasteiger partial charge in [0.25, 0.3) is 0 Å². The summed E-state index contributed by atoms with van der Waals surface area (Å²) in [4.78, 5) is 11.6. The van der Waals surface area contributed by atoms with Gasteiger partial charge in [0.05, 0.1) is 6.07 Å². The number of nitrogens with zero attached hydrogens (tertiary/aromatic N) is 1. The van der Waals surface area contributed by atoms with Gasteiger partial charge >= 0.3 is 0 Å². The molecular weight excluding hydrogens is 162 g/mol. The molecule has 0 aliphatic carbocycles. The second kappa shape index (κ2) is 4.42. The van der Waals surface area contributed by atoms with Crippen molar-refractivity contribution in [2.75, 3.05) is 0 Å². The number of ketones is 1. The smallest absolute Gasteiger partial charge is 0.166 e. The normalized spacial score (nSPS) is 11.7. The number of carbonyl (C=O) groups is 1. The minimum atomic E-state index is -0.201. The standard InChI is InChI=1S/C11H11NO/c1-9(7-8-12)11(13)10-5-3-2-4-6-10/h2-6,9H,7H2,1H3. The van der Waals surface area contributed by atoms with Gasteiger partial charge in [-0.25, -0.2) is 0 Å². The van der Waals surface area contributed by atoms with Crippen LogP contribution >= 0.6 is 0 Å². The molecule has 2 nitrogen and oxygen atoms in total. The highest BCUT2D eigenvalue weighted by atomic mass is 16.1. The Labute approximate surface area is 77.8 Å². The van der Waals surface area contributed by atoms with Gasteiger partial charge in [0.1, 0.15) is 0 Å². The van der Waals surface area contributed by atoms with Gasteiger partial charge in [0.2, 0.25) is 0 Å². The Bertz CT molecular complexity index is 324. The molecule has 13 heavy (non-hydrogen) atoms. The number of rotatable bonds is 3. The average Bonchev–Trinajstić information content (AvgIpc) is 2.18. The molecule has 0 aliphatic heterocycles. The van der Waals surface area contributed by atoms with Crippen LogP contribution in [0.1, 0.15) is 23.7 Å². The Hall–Kier alpha value is -1.62. The monoisotopic (exact) mass is 173 g/mol. The summed E-state index contributed by atoms with van der Waals surface area (Å²) in [6.07, 6.45) is 0.285. The zero-order chi connectivity index (χ0) is 9.68. The van der Waals surface area contributed by atoms with Gasteiger partial charge in [-0.3, -0.25) is 4.79 Å². The van der Waals surface area contributed by atoms with Crippen LogP contribution in [0.25, 0.3) is 0 Å². The van der Waals surface area contributed by atoms with Crippen molar-refractivity contribution in [1.82, 2.24) is 0 Å². The Balaban J connectivity index is 2.75. The van der Waals surface area contributed by atoms with Crippen molar-refractivity contribution in [1.29, 1.82) is 5.26 Å². The summed E-state index contributed by atoms with van der Waals surface area (Å²) >= 11 is 0. The molecule has 1 rings (SSSR count). The van der Waals surface area contributed by atoms with Crippen molar-refractivity contribution in [2.45, 2.75) is 13.3 Å². The maximum atomic E-state index is 11.6. The van der Waals surface area contributed by atoms with Crippen molar-refractivity contribution >= 4 is 5.78 Å². The number of Topliss-reactive ketones (excluding diaryl/α,β-unsaturated/α-hetero) is 1. The SMILES string of the molecule is CC(CC#N)C(=O)c1ccccc1. The third-order valence-electron chi connectivity index (χ3n) is 1.90. The molecule has 66 valence electrons. The minimum absolute atomic E-state index is 0.0437. The first-order valence-electron chi connectivity index (χ1n) is 4.22. The predicted octanol–water partition coefficient (Wildman–Crippen LogP) is 2.42. The van der Waals surface area contributed by atoms with E-state index in [2.05, 4.69) is 0 Å². The first kappa shape index (κ1) is 9.47. The zero-order valence-electron chi connectivity index (χ0n) is 7.53. The van der Waals surface area contributed by atoms with Crippen molar-refractivity contribution in [2.24, 2.45) is 5.92 Å². The van der Waals surface area contributed by atoms with Crippen molar-refractivity contribution in [3.63, 3.8) is 0 Å². The molecule has 1 unspecified atom stereocenters. The van der Waals surface area contributed by atoms with E-state index in [1.807, 2.05) is 24.3 Å². The lowest BCUT2D eigenvalue weighted by atomic mass is 9.97. The molecule has 1 atom stereocenters. The third kappa shape index (κ3) is 2.41. The molecule has 0 bridgehead atoms. The molecule has 0 saturated heterocycles. The van der Waals surface area contributed by atoms with Crippen LogP contribution in [0.5, 0.6) is 0 Å². The van der Waals surface area contributed by atoms with Gasteiger partial charge in [-0.1, -0.05) is 37.3 Å². The van der Waals surface area contributed by atoms with E-state index in [4.69, 9.17) is 5.26 Å². The lowest BCUT2D eigenvalue weighted by Gasteiger charge is -2.04. The summed E-state index contributed by atoms with van der Waals surface area (Å²) in [5, 5.41) is 8.43. The molecule has 0 N–H and O–H groups in total. The Morgan fingerprint density at radius 2 is 2.08 bits per heavy atom. The largest absolute Gasteiger partial charge is 0.294 e. The molecule has 0 fully saturated rings. The van der Waals surface area contributed by atoms with Crippen LogP contribution in [-0.4, -0.2) is 5.78 Å². The van der Waals surface area contributed by atoms with Gasteiger partial charge in [-0.15, -0.1) is 0 Å². The quantitative estimate of drug-likeness (QED) is 0.658. The van der Waals surface area contributed by atoms with Crippen molar-refractivity contribution < 1.29 is 4.79 Å². The van der Waals surface area contributed by atoms with Gasteiger partial charge in [0, 0.05) is 17.9 Å². The highest BCUT2D eigenvalue weighted by molar-refractivity contribution is 5.97. The van der Waals surface area contributed by atoms with E-state index in [1.165, 1.54) is 0 Å². The van der Waals surface area contributed by atoms with Crippen LogP contribution in [0.2, 0.25) is 0 Å². The number of benzene rings is 1. The van der Waals surface area contributed by atoms with Crippen LogP contribution in [-0.2, 0) is 0 Å². The molecule has 2 heteroatoms. The molecule has 1 aromatic rings. The third-order valence-corrected chi connectivity index (χ3v) is 1.90. The maximum absolute atomic E-state index is 11.6. The number of nitriles is 1. The number of hydrogen-bond acceptors (Lipinski definition) is 2. The van der Waals surface area contributed by atoms with Crippen LogP contribution in [0.15, 0.2) is 30.3 Å². The first-order chi connectivity index (χ1) is 6.25. The van der Waals surface area contributed by atoms with Crippen molar-refractivity contribution in [3.8, 4) is 6.07 Å². The summed E-state index contributed by atoms with van der Waals surface area (Å²) < 4.78 is 0. The number of carbonyl (C=O) groups excluding carboxylic acids is 1. The molecule has 0 saturated carbocycles. The zero-order valence-corrected chi connectivity index (χ0v) is 7.53. The summed E-state index contributed by atoms with van der Waals surface area (Å²) in [5.74, 6) is -0.158. The molecule has 0 heterocycles. The first-order valence-corrected chi connectivity index (χ1v) is 4.22. The topological polar surface area (TPSA) is 40.9 Å². The van der Waals surface area contributed by atoms with Crippen molar-refractivity contribution in [3.05, 3.63) is 35.9 Å². The van der Waals surface area contributed by atoms with Crippen LogP contribution < -0.4 is 0 Å². The van der Waals surface area contributed by atoms with E-state index in [1.54, 1.807) is 19.1 Å². The Kier molecular flexibility index (Phi) is 3.22. The summed E-state index contributed by atoms with van der Waals surface area (Å²) in [6, 6.07) is 11.1. The van der Waals surface area contributed by atoms with Crippen LogP contribution in [0, 0.1) is 17.2 Å². The van der Waals surface area contributed by atoms with E-state index >= 15 is 0 Å². The van der Waals surface area contributed by atoms with E-state index < -0.39 is 0 Å². The van der Waals surface area contributed by atoms with Crippen LogP contribution in [0.3, 0.4) is 0 Å². The molecule has 1 aromatic carbocycles. The Morgan fingerprint density at radius 3 is 2.62 bits per heavy atom. The maximum Gasteiger partial charge on any atom is 0.166 e. The molecule has 0 aliphatic rings. The van der Waals surface area contributed by atoms with Crippen LogP contribution in [0.4, 0.5) is 0 Å².